The van der Waals surface area contributed by atoms with E-state index in [2.05, 4.69) is 4.98 Å². The van der Waals surface area contributed by atoms with Gasteiger partial charge in [-0.1, -0.05) is 37.1 Å². The number of fused-ring (bicyclic) bond motifs is 1. The number of carboxylic acid groups (broad SMARTS) is 1. The molecule has 0 aliphatic heterocycles. The molecule has 35 heavy (non-hydrogen) atoms. The normalized spacial score (nSPS) is 13.5. The summed E-state index contributed by atoms with van der Waals surface area (Å²) < 4.78 is 10.6. The molecule has 182 valence electrons. The quantitative estimate of drug-likeness (QED) is 0.350. The Morgan fingerprint density at radius 1 is 1.00 bits per heavy atom. The van der Waals surface area contributed by atoms with E-state index in [9.17, 15) is 14.4 Å². The van der Waals surface area contributed by atoms with Gasteiger partial charge in [0.1, 0.15) is 0 Å². The largest absolute Gasteiger partial charge is 0.478 e. The number of amides is 1. The lowest BCUT2D eigenvalue weighted by molar-refractivity contribution is -0.152. The van der Waals surface area contributed by atoms with Gasteiger partial charge >= 0.3 is 18.0 Å². The SMILES string of the molecule is CCOC(=O)N(COC(=O)C1CCCC1)Cc1ccc2nc(-c3ccc(C(=O)O)cc3)ccc2c1. The molecule has 0 unspecified atom stereocenters. The highest BCUT2D eigenvalue weighted by atomic mass is 16.6. The fourth-order valence-corrected chi connectivity index (χ4v) is 4.24. The molecule has 2 aromatic carbocycles. The number of ether oxygens (including phenoxy) is 2. The van der Waals surface area contributed by atoms with Gasteiger partial charge in [0.05, 0.1) is 35.8 Å². The zero-order chi connectivity index (χ0) is 24.8. The predicted octanol–water partition coefficient (Wildman–Crippen LogP) is 5.25. The van der Waals surface area contributed by atoms with Crippen LogP contribution >= 0.6 is 0 Å². The van der Waals surface area contributed by atoms with Gasteiger partial charge in [-0.05, 0) is 55.7 Å². The number of esters is 1. The van der Waals surface area contributed by atoms with Crippen molar-refractivity contribution in [3.8, 4) is 11.3 Å². The van der Waals surface area contributed by atoms with E-state index in [0.717, 1.165) is 53.4 Å². The summed E-state index contributed by atoms with van der Waals surface area (Å²) >= 11 is 0. The van der Waals surface area contributed by atoms with Crippen LogP contribution in [-0.4, -0.2) is 46.4 Å². The van der Waals surface area contributed by atoms with Gasteiger partial charge in [0.25, 0.3) is 0 Å². The summed E-state index contributed by atoms with van der Waals surface area (Å²) in [7, 11) is 0. The Hall–Kier alpha value is -3.94. The van der Waals surface area contributed by atoms with Gasteiger partial charge < -0.3 is 14.6 Å². The number of benzene rings is 2. The number of hydrogen-bond acceptors (Lipinski definition) is 6. The molecule has 1 aliphatic carbocycles. The van der Waals surface area contributed by atoms with Crippen molar-refractivity contribution in [1.29, 1.82) is 0 Å². The molecule has 1 amide bonds. The van der Waals surface area contributed by atoms with Crippen molar-refractivity contribution < 1.29 is 29.0 Å². The molecular weight excluding hydrogens is 448 g/mol. The smallest absolute Gasteiger partial charge is 0.412 e. The van der Waals surface area contributed by atoms with E-state index in [1.807, 2.05) is 30.3 Å². The van der Waals surface area contributed by atoms with Crippen LogP contribution in [0.15, 0.2) is 54.6 Å². The van der Waals surface area contributed by atoms with E-state index in [-0.39, 0.29) is 37.3 Å². The lowest BCUT2D eigenvalue weighted by Gasteiger charge is -2.22. The van der Waals surface area contributed by atoms with Crippen molar-refractivity contribution in [2.24, 2.45) is 5.92 Å². The molecule has 1 fully saturated rings. The van der Waals surface area contributed by atoms with E-state index < -0.39 is 12.1 Å². The second kappa shape index (κ2) is 11.0. The number of carbonyl (C=O) groups excluding carboxylic acids is 2. The number of hydrogen-bond donors (Lipinski definition) is 1. The molecule has 0 atom stereocenters. The summed E-state index contributed by atoms with van der Waals surface area (Å²) in [6.07, 6.45) is 3.19. The van der Waals surface area contributed by atoms with Crippen LogP contribution in [0.2, 0.25) is 0 Å². The Kier molecular flexibility index (Phi) is 7.60. The van der Waals surface area contributed by atoms with Crippen molar-refractivity contribution >= 4 is 28.9 Å². The maximum Gasteiger partial charge on any atom is 0.412 e. The first-order chi connectivity index (χ1) is 16.9. The van der Waals surface area contributed by atoms with Gasteiger partial charge in [-0.15, -0.1) is 0 Å². The third-order valence-electron chi connectivity index (χ3n) is 6.13. The number of aromatic nitrogens is 1. The Balaban J connectivity index is 1.48. The number of aromatic carboxylic acids is 1. The minimum absolute atomic E-state index is 0.0830. The van der Waals surface area contributed by atoms with Gasteiger partial charge in [-0.2, -0.15) is 0 Å². The van der Waals surface area contributed by atoms with Crippen LogP contribution in [0.4, 0.5) is 4.79 Å². The summed E-state index contributed by atoms with van der Waals surface area (Å²) in [5, 5.41) is 9.97. The van der Waals surface area contributed by atoms with E-state index >= 15 is 0 Å². The minimum atomic E-state index is -0.972. The summed E-state index contributed by atoms with van der Waals surface area (Å²) in [5.41, 5.74) is 3.39. The van der Waals surface area contributed by atoms with Crippen LogP contribution in [0.3, 0.4) is 0 Å². The molecule has 1 aromatic heterocycles. The number of carboxylic acids is 1. The van der Waals surface area contributed by atoms with Gasteiger partial charge in [0.15, 0.2) is 6.73 Å². The van der Waals surface area contributed by atoms with Crippen molar-refractivity contribution in [3.05, 3.63) is 65.7 Å². The lowest BCUT2D eigenvalue weighted by atomic mass is 10.1. The van der Waals surface area contributed by atoms with Gasteiger partial charge in [0, 0.05) is 10.9 Å². The zero-order valence-corrected chi connectivity index (χ0v) is 19.6. The van der Waals surface area contributed by atoms with Crippen LogP contribution in [0.25, 0.3) is 22.2 Å². The summed E-state index contributed by atoms with van der Waals surface area (Å²) in [4.78, 5) is 41.9. The molecule has 4 rings (SSSR count). The van der Waals surface area contributed by atoms with Crippen molar-refractivity contribution in [3.63, 3.8) is 0 Å². The molecule has 0 saturated heterocycles. The number of pyridine rings is 1. The lowest BCUT2D eigenvalue weighted by Crippen LogP contribution is -2.35. The van der Waals surface area contributed by atoms with Gasteiger partial charge in [-0.3, -0.25) is 9.69 Å². The maximum absolute atomic E-state index is 12.5. The topological polar surface area (TPSA) is 106 Å². The van der Waals surface area contributed by atoms with Gasteiger partial charge in [-0.25, -0.2) is 14.6 Å². The second-order valence-electron chi connectivity index (χ2n) is 8.58. The standard InChI is InChI=1S/C27H28N2O6/c1-2-34-27(33)29(17-35-26(32)21-5-3-4-6-21)16-18-7-13-24-22(15-18)12-14-23(28-24)19-8-10-20(11-9-19)25(30)31/h7-15,21H,2-6,16-17H2,1H3,(H,30,31). The second-order valence-corrected chi connectivity index (χ2v) is 8.58. The third kappa shape index (κ3) is 5.95. The average Bonchev–Trinajstić information content (AvgIpc) is 3.41. The van der Waals surface area contributed by atoms with Crippen LogP contribution in [-0.2, 0) is 20.8 Å². The Morgan fingerprint density at radius 2 is 1.74 bits per heavy atom. The molecule has 1 aliphatic rings. The maximum atomic E-state index is 12.5. The minimum Gasteiger partial charge on any atom is -0.478 e. The van der Waals surface area contributed by atoms with E-state index in [0.29, 0.717) is 0 Å². The molecule has 0 radical (unpaired) electrons. The molecular formula is C27H28N2O6. The molecule has 0 spiro atoms. The van der Waals surface area contributed by atoms with Crippen molar-refractivity contribution in [1.82, 2.24) is 9.88 Å². The summed E-state index contributed by atoms with van der Waals surface area (Å²) in [6, 6.07) is 16.0. The fourth-order valence-electron chi connectivity index (χ4n) is 4.24. The molecule has 8 nitrogen and oxygen atoms in total. The Bertz CT molecular complexity index is 1220. The van der Waals surface area contributed by atoms with Crippen molar-refractivity contribution in [2.45, 2.75) is 39.2 Å². The monoisotopic (exact) mass is 476 g/mol. The first-order valence-electron chi connectivity index (χ1n) is 11.8. The molecule has 3 aromatic rings. The van der Waals surface area contributed by atoms with Crippen LogP contribution in [0.1, 0.15) is 48.5 Å². The fraction of sp³-hybridized carbons (Fsp3) is 0.333. The summed E-state index contributed by atoms with van der Waals surface area (Å²) in [5.74, 6) is -1.32. The van der Waals surface area contributed by atoms with E-state index in [1.165, 1.54) is 4.90 Å². The Morgan fingerprint density at radius 3 is 2.43 bits per heavy atom. The zero-order valence-electron chi connectivity index (χ0n) is 19.6. The van der Waals surface area contributed by atoms with Crippen LogP contribution < -0.4 is 0 Å². The summed E-state index contributed by atoms with van der Waals surface area (Å²) in [6.45, 7) is 2.03. The Labute approximate surface area is 203 Å². The highest BCUT2D eigenvalue weighted by Gasteiger charge is 2.25. The van der Waals surface area contributed by atoms with Gasteiger partial charge in [0.2, 0.25) is 0 Å². The third-order valence-corrected chi connectivity index (χ3v) is 6.13. The first kappa shape index (κ1) is 24.2. The number of nitrogens with zero attached hydrogens (tertiary/aromatic N) is 2. The van der Waals surface area contributed by atoms with Crippen LogP contribution in [0.5, 0.6) is 0 Å². The highest BCUT2D eigenvalue weighted by molar-refractivity contribution is 5.88. The molecule has 8 heteroatoms. The molecule has 1 saturated carbocycles. The first-order valence-corrected chi connectivity index (χ1v) is 11.8. The van der Waals surface area contributed by atoms with E-state index in [1.54, 1.807) is 31.2 Å². The molecule has 0 bridgehead atoms. The van der Waals surface area contributed by atoms with Crippen molar-refractivity contribution in [2.75, 3.05) is 13.3 Å². The van der Waals surface area contributed by atoms with E-state index in [4.69, 9.17) is 14.6 Å². The number of carbonyl (C=O) groups is 3. The number of rotatable bonds is 8. The van der Waals surface area contributed by atoms with Crippen LogP contribution in [0, 0.1) is 5.92 Å². The predicted molar refractivity (Wildman–Crippen MR) is 130 cm³/mol. The molecule has 1 heterocycles. The highest BCUT2D eigenvalue weighted by Crippen LogP contribution is 2.26. The average molecular weight is 477 g/mol. The molecule has 1 N–H and O–H groups in total.